The molecule has 5 N–H and O–H groups in total. The van der Waals surface area contributed by atoms with Gasteiger partial charge in [-0.3, -0.25) is 14.3 Å². The molecule has 1 unspecified atom stereocenters. The van der Waals surface area contributed by atoms with Crippen LogP contribution in [0.15, 0.2) is 18.2 Å². The second-order valence-corrected chi connectivity index (χ2v) is 8.76. The van der Waals surface area contributed by atoms with Crippen LogP contribution < -0.4 is 15.2 Å². The van der Waals surface area contributed by atoms with Crippen LogP contribution in [0.2, 0.25) is 0 Å². The van der Waals surface area contributed by atoms with Crippen molar-refractivity contribution in [3.63, 3.8) is 0 Å². The minimum Gasteiger partial charge on any atom is -0.493 e. The smallest absolute Gasteiger partial charge is 0.336 e. The number of nitrogens with two attached hydrogens (primary N) is 1. The average Bonchev–Trinajstić information content (AvgIpc) is 2.67. The van der Waals surface area contributed by atoms with Crippen molar-refractivity contribution in [3.8, 4) is 11.5 Å². The third kappa shape index (κ3) is 4.23. The minimum absolute atomic E-state index is 0.142. The number of benzene rings is 1. The lowest BCUT2D eigenvalue weighted by molar-refractivity contribution is -0.138. The molecule has 160 valence electrons. The highest BCUT2D eigenvalue weighted by Crippen LogP contribution is 2.61. The molecular weight excluding hydrogens is 399 g/mol. The topological polar surface area (TPSA) is 152 Å². The van der Waals surface area contributed by atoms with E-state index in [1.165, 1.54) is 14.2 Å². The second-order valence-electron chi connectivity index (χ2n) is 6.81. The van der Waals surface area contributed by atoms with Gasteiger partial charge in [-0.25, -0.2) is 0 Å². The fourth-order valence-electron chi connectivity index (χ4n) is 3.59. The van der Waals surface area contributed by atoms with Gasteiger partial charge in [-0.1, -0.05) is 13.8 Å². The van der Waals surface area contributed by atoms with E-state index in [9.17, 15) is 24.3 Å². The van der Waals surface area contributed by atoms with E-state index in [1.54, 1.807) is 32.0 Å². The Morgan fingerprint density at radius 3 is 2.17 bits per heavy atom. The molecule has 0 aliphatic rings. The molecule has 0 radical (unpaired) electrons. The van der Waals surface area contributed by atoms with Crippen molar-refractivity contribution < 1.29 is 33.7 Å². The van der Waals surface area contributed by atoms with Crippen LogP contribution in [0, 0.1) is 0 Å². The Kier molecular flexibility index (Phi) is 6.90. The van der Waals surface area contributed by atoms with Gasteiger partial charge in [-0.2, -0.15) is 0 Å². The van der Waals surface area contributed by atoms with Crippen LogP contribution in [-0.4, -0.2) is 46.1 Å². The van der Waals surface area contributed by atoms with E-state index in [-0.39, 0.29) is 25.0 Å². The van der Waals surface area contributed by atoms with Crippen LogP contribution in [-0.2, 0) is 20.9 Å². The zero-order valence-corrected chi connectivity index (χ0v) is 17.8. The number of hydrogen-bond acceptors (Lipinski definition) is 6. The van der Waals surface area contributed by atoms with Gasteiger partial charge in [0.15, 0.2) is 11.5 Å². The quantitative estimate of drug-likeness (QED) is 0.443. The third-order valence-electron chi connectivity index (χ3n) is 5.36. The summed E-state index contributed by atoms with van der Waals surface area (Å²) in [5, 5.41) is 8.32. The number of ether oxygens (including phenoxy) is 2. The normalized spacial score (nSPS) is 13.3. The van der Waals surface area contributed by atoms with Crippen LogP contribution in [0.3, 0.4) is 0 Å². The van der Waals surface area contributed by atoms with Crippen LogP contribution >= 0.6 is 7.60 Å². The molecule has 0 fully saturated rings. The number of carboxylic acids is 1. The Morgan fingerprint density at radius 2 is 1.72 bits per heavy atom. The van der Waals surface area contributed by atoms with Gasteiger partial charge in [0, 0.05) is 23.6 Å². The van der Waals surface area contributed by atoms with E-state index in [1.807, 2.05) is 0 Å². The molecule has 9 nitrogen and oxygen atoms in total. The Labute approximate surface area is 169 Å². The fourth-order valence-corrected chi connectivity index (χ4v) is 4.93. The highest BCUT2D eigenvalue weighted by Gasteiger charge is 2.47. The first-order valence-corrected chi connectivity index (χ1v) is 10.8. The van der Waals surface area contributed by atoms with Crippen LogP contribution in [0.4, 0.5) is 0 Å². The van der Waals surface area contributed by atoms with Crippen molar-refractivity contribution in [2.24, 2.45) is 5.73 Å². The molecule has 1 atom stereocenters. The number of methoxy groups -OCH3 is 2. The van der Waals surface area contributed by atoms with Gasteiger partial charge in [-0.15, -0.1) is 0 Å². The van der Waals surface area contributed by atoms with Crippen molar-refractivity contribution in [2.75, 3.05) is 14.2 Å². The molecule has 1 aromatic heterocycles. The zero-order valence-electron chi connectivity index (χ0n) is 16.9. The van der Waals surface area contributed by atoms with Crippen LogP contribution in [0.25, 0.3) is 10.9 Å². The SMILES string of the molecule is CCC(CC)(c1cc2cc(OC)c(OC)cc2nc1CC(N)C(=O)O)P(=O)(O)O. The molecule has 10 heteroatoms. The standard InChI is InChI=1S/C19H27N2O7P/c1-5-19(6-2,29(24,25)26)12-7-11-8-16(27-3)17(28-4)10-14(11)21-15(12)9-13(20)18(22)23/h7-8,10,13H,5-6,9,20H2,1-4H3,(H,22,23)(H2,24,25,26). The molecule has 0 aliphatic heterocycles. The van der Waals surface area contributed by atoms with Gasteiger partial charge >= 0.3 is 13.6 Å². The number of aromatic nitrogens is 1. The van der Waals surface area contributed by atoms with Gasteiger partial charge in [0.25, 0.3) is 0 Å². The fraction of sp³-hybridized carbons (Fsp3) is 0.474. The predicted molar refractivity (Wildman–Crippen MR) is 108 cm³/mol. The predicted octanol–water partition coefficient (Wildman–Crippen LogP) is 2.40. The number of pyridine rings is 1. The van der Waals surface area contributed by atoms with E-state index in [0.29, 0.717) is 28.0 Å². The molecule has 1 aromatic carbocycles. The largest absolute Gasteiger partial charge is 0.493 e. The lowest BCUT2D eigenvalue weighted by Gasteiger charge is -2.34. The minimum atomic E-state index is -4.62. The number of fused-ring (bicyclic) bond motifs is 1. The molecule has 0 saturated heterocycles. The maximum atomic E-state index is 12.5. The molecule has 0 amide bonds. The molecule has 0 saturated carbocycles. The first-order chi connectivity index (χ1) is 13.5. The molecule has 2 aromatic rings. The molecule has 29 heavy (non-hydrogen) atoms. The van der Waals surface area contributed by atoms with Crippen molar-refractivity contribution in [3.05, 3.63) is 29.5 Å². The van der Waals surface area contributed by atoms with Crippen molar-refractivity contribution in [1.29, 1.82) is 0 Å². The summed E-state index contributed by atoms with van der Waals surface area (Å²) in [6.45, 7) is 3.37. The number of nitrogens with zero attached hydrogens (tertiary/aromatic N) is 1. The molecule has 1 heterocycles. The van der Waals surface area contributed by atoms with E-state index >= 15 is 0 Å². The Balaban J connectivity index is 2.89. The summed E-state index contributed by atoms with van der Waals surface area (Å²) >= 11 is 0. The number of aliphatic carboxylic acids is 1. The first kappa shape index (κ1) is 23.1. The number of hydrogen-bond donors (Lipinski definition) is 4. The van der Waals surface area contributed by atoms with Crippen LogP contribution in [0.1, 0.15) is 37.9 Å². The van der Waals surface area contributed by atoms with E-state index in [2.05, 4.69) is 4.98 Å². The molecule has 0 spiro atoms. The van der Waals surface area contributed by atoms with Crippen molar-refractivity contribution >= 4 is 24.5 Å². The van der Waals surface area contributed by atoms with Crippen LogP contribution in [0.5, 0.6) is 11.5 Å². The number of carboxylic acid groups (broad SMARTS) is 1. The summed E-state index contributed by atoms with van der Waals surface area (Å²) in [4.78, 5) is 36.2. The van der Waals surface area contributed by atoms with Gasteiger partial charge in [0.1, 0.15) is 6.04 Å². The zero-order chi connectivity index (χ0) is 22.0. The third-order valence-corrected chi connectivity index (χ3v) is 7.35. The first-order valence-electron chi connectivity index (χ1n) is 9.14. The van der Waals surface area contributed by atoms with Crippen molar-refractivity contribution in [2.45, 2.75) is 44.3 Å². The monoisotopic (exact) mass is 426 g/mol. The molecular formula is C19H27N2O7P. The van der Waals surface area contributed by atoms with Gasteiger partial charge < -0.3 is 30.1 Å². The molecule has 0 aliphatic carbocycles. The maximum Gasteiger partial charge on any atom is 0.336 e. The van der Waals surface area contributed by atoms with Gasteiger partial charge in [-0.05, 0) is 30.5 Å². The number of rotatable bonds is 9. The van der Waals surface area contributed by atoms with E-state index in [0.717, 1.165) is 0 Å². The summed E-state index contributed by atoms with van der Waals surface area (Å²) in [5.74, 6) is -0.349. The summed E-state index contributed by atoms with van der Waals surface area (Å²) in [6, 6.07) is 3.67. The average molecular weight is 426 g/mol. The highest BCUT2D eigenvalue weighted by molar-refractivity contribution is 7.53. The van der Waals surface area contributed by atoms with Gasteiger partial charge in [0.05, 0.1) is 24.9 Å². The highest BCUT2D eigenvalue weighted by atomic mass is 31.2. The summed E-state index contributed by atoms with van der Waals surface area (Å²) in [7, 11) is -1.66. The maximum absolute atomic E-state index is 12.5. The lowest BCUT2D eigenvalue weighted by Crippen LogP contribution is -2.35. The Hall–Kier alpha value is -2.19. The number of carbonyl (C=O) groups is 1. The Bertz CT molecular complexity index is 953. The van der Waals surface area contributed by atoms with Crippen molar-refractivity contribution in [1.82, 2.24) is 4.98 Å². The summed E-state index contributed by atoms with van der Waals surface area (Å²) in [6.07, 6.45) is 0.115. The second kappa shape index (κ2) is 8.67. The summed E-state index contributed by atoms with van der Waals surface area (Å²) < 4.78 is 23.1. The summed E-state index contributed by atoms with van der Waals surface area (Å²) in [5.41, 5.74) is 6.74. The van der Waals surface area contributed by atoms with E-state index < -0.39 is 24.8 Å². The van der Waals surface area contributed by atoms with Gasteiger partial charge in [0.2, 0.25) is 0 Å². The lowest BCUT2D eigenvalue weighted by atomic mass is 9.88. The van der Waals surface area contributed by atoms with E-state index in [4.69, 9.17) is 15.2 Å². The Morgan fingerprint density at radius 1 is 1.17 bits per heavy atom. The molecule has 2 rings (SSSR count). The molecule has 0 bridgehead atoms.